The van der Waals surface area contributed by atoms with Crippen molar-refractivity contribution in [1.29, 1.82) is 0 Å². The highest BCUT2D eigenvalue weighted by Crippen LogP contribution is 2.51. The molecule has 1 aliphatic heterocycles. The molecule has 4 nitrogen and oxygen atoms in total. The Morgan fingerprint density at radius 1 is 1.07 bits per heavy atom. The van der Waals surface area contributed by atoms with E-state index in [1.165, 1.54) is 18.6 Å². The summed E-state index contributed by atoms with van der Waals surface area (Å²) >= 11 is 0. The lowest BCUT2D eigenvalue weighted by atomic mass is 9.90. The van der Waals surface area contributed by atoms with Crippen LogP contribution in [0.5, 0.6) is 5.75 Å². The summed E-state index contributed by atoms with van der Waals surface area (Å²) in [6, 6.07) is 10.8. The van der Waals surface area contributed by atoms with E-state index in [4.69, 9.17) is 9.84 Å². The van der Waals surface area contributed by atoms with E-state index < -0.39 is 17.6 Å². The molecule has 2 atom stereocenters. The van der Waals surface area contributed by atoms with Gasteiger partial charge in [-0.15, -0.1) is 0 Å². The van der Waals surface area contributed by atoms with E-state index in [-0.39, 0.29) is 5.56 Å². The van der Waals surface area contributed by atoms with Gasteiger partial charge in [-0.3, -0.25) is 4.90 Å². The van der Waals surface area contributed by atoms with Gasteiger partial charge in [0.25, 0.3) is 0 Å². The van der Waals surface area contributed by atoms with Gasteiger partial charge in [0.2, 0.25) is 0 Å². The number of piperidine rings is 1. The van der Waals surface area contributed by atoms with Crippen molar-refractivity contribution >= 4 is 5.97 Å². The first-order valence-electron chi connectivity index (χ1n) is 10.6. The lowest BCUT2D eigenvalue weighted by molar-refractivity contribution is 0.0697. The first kappa shape index (κ1) is 20.8. The second-order valence-electron chi connectivity index (χ2n) is 8.47. The predicted molar refractivity (Wildman–Crippen MR) is 110 cm³/mol. The smallest absolute Gasteiger partial charge is 0.335 e. The molecular weight excluding hydrogens is 388 g/mol. The SMILES string of the molecule is O=C(O)c1ccc(OCCN2CCC(C[C@@H]3C[C@H]3c3ccc(F)c(F)c3)CC2)cc1. The zero-order valence-electron chi connectivity index (χ0n) is 16.9. The highest BCUT2D eigenvalue weighted by atomic mass is 19.2. The van der Waals surface area contributed by atoms with Crippen molar-refractivity contribution in [2.45, 2.75) is 31.6 Å². The van der Waals surface area contributed by atoms with Crippen molar-refractivity contribution in [1.82, 2.24) is 4.90 Å². The Kier molecular flexibility index (Phi) is 6.32. The fourth-order valence-corrected chi connectivity index (χ4v) is 4.52. The Labute approximate surface area is 175 Å². The van der Waals surface area contributed by atoms with Gasteiger partial charge < -0.3 is 9.84 Å². The molecule has 0 bridgehead atoms. The molecule has 1 N–H and O–H groups in total. The Bertz CT molecular complexity index is 879. The molecule has 1 saturated heterocycles. The molecule has 2 aromatic carbocycles. The quantitative estimate of drug-likeness (QED) is 0.663. The van der Waals surface area contributed by atoms with E-state index in [2.05, 4.69) is 4.90 Å². The molecule has 160 valence electrons. The second-order valence-corrected chi connectivity index (χ2v) is 8.47. The largest absolute Gasteiger partial charge is 0.492 e. The average molecular weight is 415 g/mol. The minimum absolute atomic E-state index is 0.256. The average Bonchev–Trinajstić information content (AvgIpc) is 3.51. The van der Waals surface area contributed by atoms with Gasteiger partial charge in [-0.05, 0) is 98.5 Å². The van der Waals surface area contributed by atoms with Crippen LogP contribution >= 0.6 is 0 Å². The van der Waals surface area contributed by atoms with Gasteiger partial charge in [0.05, 0.1) is 5.56 Å². The number of carboxylic acids is 1. The van der Waals surface area contributed by atoms with Crippen LogP contribution in [-0.4, -0.2) is 42.2 Å². The number of nitrogens with zero attached hydrogens (tertiary/aromatic N) is 1. The van der Waals surface area contributed by atoms with Crippen LogP contribution in [0.4, 0.5) is 8.78 Å². The maximum Gasteiger partial charge on any atom is 0.335 e. The molecule has 2 aromatic rings. The fraction of sp³-hybridized carbons (Fsp3) is 0.458. The summed E-state index contributed by atoms with van der Waals surface area (Å²) < 4.78 is 32.3. The molecule has 0 unspecified atom stereocenters. The number of halogens is 2. The number of carboxylic acid groups (broad SMARTS) is 1. The summed E-state index contributed by atoms with van der Waals surface area (Å²) in [7, 11) is 0. The van der Waals surface area contributed by atoms with Gasteiger partial charge in [0, 0.05) is 6.54 Å². The maximum atomic E-state index is 13.4. The van der Waals surface area contributed by atoms with Gasteiger partial charge in [0.1, 0.15) is 12.4 Å². The maximum absolute atomic E-state index is 13.4. The summed E-state index contributed by atoms with van der Waals surface area (Å²) in [6.07, 6.45) is 4.58. The Morgan fingerprint density at radius 2 is 1.80 bits per heavy atom. The Morgan fingerprint density at radius 3 is 2.47 bits per heavy atom. The lowest BCUT2D eigenvalue weighted by Crippen LogP contribution is -2.36. The van der Waals surface area contributed by atoms with Crippen LogP contribution in [0.15, 0.2) is 42.5 Å². The van der Waals surface area contributed by atoms with Crippen LogP contribution in [0.25, 0.3) is 0 Å². The predicted octanol–water partition coefficient (Wildman–Crippen LogP) is 4.95. The monoisotopic (exact) mass is 415 g/mol. The standard InChI is InChI=1S/C24H27F2NO3/c25-22-6-3-18(15-23(22)26)21-14-19(21)13-16-7-9-27(10-8-16)11-12-30-20-4-1-17(2-5-20)24(28)29/h1-6,15-16,19,21H,7-14H2,(H,28,29)/t19-,21+/m1/s1. The van der Waals surface area contributed by atoms with Crippen LogP contribution in [0, 0.1) is 23.5 Å². The third-order valence-electron chi connectivity index (χ3n) is 6.42. The van der Waals surface area contributed by atoms with Crippen molar-refractivity contribution in [3.05, 3.63) is 65.2 Å². The molecule has 4 rings (SSSR count). The number of benzene rings is 2. The van der Waals surface area contributed by atoms with E-state index in [9.17, 15) is 13.6 Å². The number of hydrogen-bond acceptors (Lipinski definition) is 3. The highest BCUT2D eigenvalue weighted by molar-refractivity contribution is 5.87. The zero-order chi connectivity index (χ0) is 21.1. The molecular formula is C24H27F2NO3. The molecule has 0 amide bonds. The van der Waals surface area contributed by atoms with Gasteiger partial charge in [-0.2, -0.15) is 0 Å². The van der Waals surface area contributed by atoms with Crippen molar-refractivity contribution in [2.75, 3.05) is 26.2 Å². The first-order valence-corrected chi connectivity index (χ1v) is 10.6. The Balaban J connectivity index is 1.14. The third-order valence-corrected chi connectivity index (χ3v) is 6.42. The summed E-state index contributed by atoms with van der Waals surface area (Å²) in [5.41, 5.74) is 1.19. The van der Waals surface area contributed by atoms with Gasteiger partial charge in [-0.25, -0.2) is 13.6 Å². The number of aromatic carboxylic acids is 1. The third kappa shape index (κ3) is 5.17. The van der Waals surface area contributed by atoms with Crippen LogP contribution in [0.3, 0.4) is 0 Å². The summed E-state index contributed by atoms with van der Waals surface area (Å²) in [6.45, 7) is 3.54. The molecule has 1 saturated carbocycles. The topological polar surface area (TPSA) is 49.8 Å². The van der Waals surface area contributed by atoms with E-state index in [1.54, 1.807) is 30.3 Å². The number of likely N-dealkylation sites (tertiary alicyclic amines) is 1. The van der Waals surface area contributed by atoms with Crippen LogP contribution in [0.1, 0.15) is 47.5 Å². The number of hydrogen-bond donors (Lipinski definition) is 1. The normalized spacial score (nSPS) is 22.1. The van der Waals surface area contributed by atoms with Gasteiger partial charge >= 0.3 is 5.97 Å². The molecule has 6 heteroatoms. The van der Waals surface area contributed by atoms with E-state index >= 15 is 0 Å². The second kappa shape index (κ2) is 9.13. The fourth-order valence-electron chi connectivity index (χ4n) is 4.52. The number of ether oxygens (including phenoxy) is 1. The Hall–Kier alpha value is -2.47. The minimum Gasteiger partial charge on any atom is -0.492 e. The van der Waals surface area contributed by atoms with E-state index in [1.807, 2.05) is 0 Å². The zero-order valence-corrected chi connectivity index (χ0v) is 16.9. The number of rotatable bonds is 8. The summed E-state index contributed by atoms with van der Waals surface area (Å²) in [4.78, 5) is 13.3. The lowest BCUT2D eigenvalue weighted by Gasteiger charge is -2.32. The van der Waals surface area contributed by atoms with Crippen LogP contribution in [0.2, 0.25) is 0 Å². The first-order chi connectivity index (χ1) is 14.5. The van der Waals surface area contributed by atoms with E-state index in [0.717, 1.165) is 44.5 Å². The summed E-state index contributed by atoms with van der Waals surface area (Å²) in [5.74, 6) is -0.0802. The van der Waals surface area contributed by atoms with Crippen molar-refractivity contribution in [2.24, 2.45) is 11.8 Å². The van der Waals surface area contributed by atoms with E-state index in [0.29, 0.717) is 30.1 Å². The van der Waals surface area contributed by atoms with Crippen LogP contribution < -0.4 is 4.74 Å². The highest BCUT2D eigenvalue weighted by Gasteiger charge is 2.40. The van der Waals surface area contributed by atoms with Crippen LogP contribution in [-0.2, 0) is 0 Å². The molecule has 30 heavy (non-hydrogen) atoms. The van der Waals surface area contributed by atoms with Gasteiger partial charge in [-0.1, -0.05) is 6.07 Å². The molecule has 0 radical (unpaired) electrons. The number of carbonyl (C=O) groups is 1. The molecule has 2 fully saturated rings. The summed E-state index contributed by atoms with van der Waals surface area (Å²) in [5, 5.41) is 8.92. The molecule has 0 aromatic heterocycles. The minimum atomic E-state index is -0.938. The van der Waals surface area contributed by atoms with Crippen molar-refractivity contribution in [3.8, 4) is 5.75 Å². The molecule has 1 heterocycles. The van der Waals surface area contributed by atoms with Crippen molar-refractivity contribution < 1.29 is 23.4 Å². The van der Waals surface area contributed by atoms with Gasteiger partial charge in [0.15, 0.2) is 11.6 Å². The van der Waals surface area contributed by atoms with Crippen molar-refractivity contribution in [3.63, 3.8) is 0 Å². The molecule has 1 aliphatic carbocycles. The molecule has 0 spiro atoms. The molecule has 2 aliphatic rings.